The van der Waals surface area contributed by atoms with Crippen LogP contribution in [-0.2, 0) is 16.0 Å². The summed E-state index contributed by atoms with van der Waals surface area (Å²) in [5, 5.41) is 13.8. The molecule has 0 aliphatic carbocycles. The van der Waals surface area contributed by atoms with Gasteiger partial charge < -0.3 is 19.1 Å². The zero-order chi connectivity index (χ0) is 26.5. The van der Waals surface area contributed by atoms with E-state index in [2.05, 4.69) is 5.16 Å². The molecule has 1 amide bonds. The Balaban J connectivity index is 1.86. The van der Waals surface area contributed by atoms with E-state index in [1.165, 1.54) is 4.90 Å². The third-order valence-electron chi connectivity index (χ3n) is 5.67. The Kier molecular flexibility index (Phi) is 7.79. The number of ether oxygens (including phenoxy) is 2. The molecule has 9 heteroatoms. The second-order valence-electron chi connectivity index (χ2n) is 8.11. The van der Waals surface area contributed by atoms with Gasteiger partial charge in [-0.05, 0) is 55.3 Å². The fourth-order valence-electron chi connectivity index (χ4n) is 4.05. The fraction of sp³-hybridized carbons (Fsp3) is 0.179. The van der Waals surface area contributed by atoms with Crippen molar-refractivity contribution < 1.29 is 28.7 Å². The van der Waals surface area contributed by atoms with Gasteiger partial charge in [-0.2, -0.15) is 0 Å². The van der Waals surface area contributed by atoms with Crippen LogP contribution in [0.3, 0.4) is 0 Å². The molecule has 0 aliphatic rings. The maximum Gasteiger partial charge on any atom is 0.419 e. The van der Waals surface area contributed by atoms with E-state index in [1.54, 1.807) is 63.4 Å². The van der Waals surface area contributed by atoms with E-state index in [0.717, 1.165) is 11.1 Å². The minimum atomic E-state index is -0.925. The number of anilines is 2. The first-order chi connectivity index (χ1) is 17.8. The number of rotatable bonds is 8. The van der Waals surface area contributed by atoms with Crippen molar-refractivity contribution in [1.29, 1.82) is 0 Å². The van der Waals surface area contributed by atoms with Crippen LogP contribution in [0, 0.1) is 6.92 Å². The maximum atomic E-state index is 13.1. The predicted octanol–water partition coefficient (Wildman–Crippen LogP) is 6.90. The Labute approximate surface area is 219 Å². The second-order valence-corrected chi connectivity index (χ2v) is 8.51. The van der Waals surface area contributed by atoms with Crippen LogP contribution in [0.2, 0.25) is 5.02 Å². The number of aromatic nitrogens is 1. The number of carbonyl (C=O) groups is 2. The van der Waals surface area contributed by atoms with Crippen molar-refractivity contribution in [3.05, 3.63) is 83.1 Å². The lowest BCUT2D eigenvalue weighted by molar-refractivity contribution is -0.136. The van der Waals surface area contributed by atoms with Gasteiger partial charge in [0.2, 0.25) is 0 Å². The molecule has 0 radical (unpaired) electrons. The SMILES string of the molecule is CCOC(=O)N(c1ccccc1Cl)c1c(-c2cccc(-c3cc(CC(=O)O)ccc3OC)c2)noc1C. The molecule has 3 aromatic carbocycles. The highest BCUT2D eigenvalue weighted by Crippen LogP contribution is 2.42. The standard InChI is InChI=1S/C28H25ClN2O6/c1-4-36-28(34)31(23-11-6-5-10-22(23)29)27-17(2)37-30-26(27)20-9-7-8-19(16-20)21-14-18(15-25(32)33)12-13-24(21)35-3/h5-14,16H,4,15H2,1-3H3,(H,32,33). The Morgan fingerprint density at radius 3 is 2.51 bits per heavy atom. The van der Waals surface area contributed by atoms with Crippen molar-refractivity contribution in [2.45, 2.75) is 20.3 Å². The largest absolute Gasteiger partial charge is 0.496 e. The van der Waals surface area contributed by atoms with Crippen LogP contribution in [0.5, 0.6) is 5.75 Å². The van der Waals surface area contributed by atoms with Crippen molar-refractivity contribution in [1.82, 2.24) is 5.16 Å². The molecule has 8 nitrogen and oxygen atoms in total. The number of hydrogen-bond donors (Lipinski definition) is 1. The molecule has 0 saturated heterocycles. The number of aliphatic carboxylic acids is 1. The van der Waals surface area contributed by atoms with E-state index >= 15 is 0 Å². The minimum absolute atomic E-state index is 0.115. The van der Waals surface area contributed by atoms with Gasteiger partial charge >= 0.3 is 12.1 Å². The van der Waals surface area contributed by atoms with Gasteiger partial charge in [0.25, 0.3) is 0 Å². The summed E-state index contributed by atoms with van der Waals surface area (Å²) in [6.07, 6.45) is -0.738. The Bertz CT molecular complexity index is 1450. The summed E-state index contributed by atoms with van der Waals surface area (Å²) in [6.45, 7) is 3.60. The number of aryl methyl sites for hydroxylation is 1. The lowest BCUT2D eigenvalue weighted by Crippen LogP contribution is -2.27. The summed E-state index contributed by atoms with van der Waals surface area (Å²) in [5.41, 5.74) is 4.03. The van der Waals surface area contributed by atoms with Crippen LogP contribution in [0.15, 0.2) is 71.3 Å². The highest BCUT2D eigenvalue weighted by Gasteiger charge is 2.30. The average molecular weight is 521 g/mol. The molecule has 0 fully saturated rings. The van der Waals surface area contributed by atoms with Crippen LogP contribution in [0.25, 0.3) is 22.4 Å². The minimum Gasteiger partial charge on any atom is -0.496 e. The Hall–Kier alpha value is -4.30. The Morgan fingerprint density at radius 2 is 1.81 bits per heavy atom. The van der Waals surface area contributed by atoms with E-state index in [0.29, 0.717) is 44.7 Å². The molecule has 1 N–H and O–H groups in total. The highest BCUT2D eigenvalue weighted by molar-refractivity contribution is 6.34. The van der Waals surface area contributed by atoms with Gasteiger partial charge in [-0.3, -0.25) is 4.79 Å². The van der Waals surface area contributed by atoms with Gasteiger partial charge in [0, 0.05) is 11.1 Å². The molecule has 4 aromatic rings. The monoisotopic (exact) mass is 520 g/mol. The average Bonchev–Trinajstić information content (AvgIpc) is 3.26. The van der Waals surface area contributed by atoms with Crippen LogP contribution in [0.1, 0.15) is 18.2 Å². The van der Waals surface area contributed by atoms with Crippen molar-refractivity contribution in [2.24, 2.45) is 0 Å². The molecule has 1 heterocycles. The zero-order valence-electron chi connectivity index (χ0n) is 20.5. The molecule has 1 aromatic heterocycles. The first kappa shape index (κ1) is 25.8. The summed E-state index contributed by atoms with van der Waals surface area (Å²) in [6, 6.07) is 19.6. The van der Waals surface area contributed by atoms with Crippen LogP contribution < -0.4 is 9.64 Å². The molecule has 0 saturated carbocycles. The molecule has 37 heavy (non-hydrogen) atoms. The summed E-state index contributed by atoms with van der Waals surface area (Å²) >= 11 is 6.46. The quantitative estimate of drug-likeness (QED) is 0.269. The fourth-order valence-corrected chi connectivity index (χ4v) is 4.27. The summed E-state index contributed by atoms with van der Waals surface area (Å²) in [7, 11) is 1.56. The number of carbonyl (C=O) groups excluding carboxylic acids is 1. The molecule has 0 aliphatic heterocycles. The van der Waals surface area contributed by atoms with E-state index in [1.807, 2.05) is 24.3 Å². The molecular formula is C28H25ClN2O6. The molecule has 0 atom stereocenters. The van der Waals surface area contributed by atoms with Gasteiger partial charge in [0.15, 0.2) is 5.76 Å². The first-order valence-electron chi connectivity index (χ1n) is 11.5. The molecule has 0 unspecified atom stereocenters. The maximum absolute atomic E-state index is 13.1. The third-order valence-corrected chi connectivity index (χ3v) is 5.98. The highest BCUT2D eigenvalue weighted by atomic mass is 35.5. The van der Waals surface area contributed by atoms with Crippen molar-refractivity contribution in [2.75, 3.05) is 18.6 Å². The van der Waals surface area contributed by atoms with Gasteiger partial charge in [-0.25, -0.2) is 9.69 Å². The first-order valence-corrected chi connectivity index (χ1v) is 11.9. The smallest absolute Gasteiger partial charge is 0.419 e. The number of methoxy groups -OCH3 is 1. The summed E-state index contributed by atoms with van der Waals surface area (Å²) in [5.74, 6) is 0.0627. The number of nitrogens with zero attached hydrogens (tertiary/aromatic N) is 2. The van der Waals surface area contributed by atoms with Gasteiger partial charge in [0.1, 0.15) is 17.1 Å². The van der Waals surface area contributed by atoms with Crippen molar-refractivity contribution in [3.63, 3.8) is 0 Å². The number of carboxylic acid groups (broad SMARTS) is 1. The predicted molar refractivity (Wildman–Crippen MR) is 141 cm³/mol. The topological polar surface area (TPSA) is 102 Å². The zero-order valence-corrected chi connectivity index (χ0v) is 21.3. The van der Waals surface area contributed by atoms with Crippen LogP contribution >= 0.6 is 11.6 Å². The van der Waals surface area contributed by atoms with E-state index < -0.39 is 12.1 Å². The number of para-hydroxylation sites is 1. The molecule has 190 valence electrons. The van der Waals surface area contributed by atoms with Crippen LogP contribution in [-0.4, -0.2) is 36.0 Å². The number of halogens is 1. The van der Waals surface area contributed by atoms with E-state index in [-0.39, 0.29) is 13.0 Å². The molecular weight excluding hydrogens is 496 g/mol. The number of benzene rings is 3. The van der Waals surface area contributed by atoms with E-state index in [4.69, 9.17) is 25.6 Å². The molecule has 0 bridgehead atoms. The lowest BCUT2D eigenvalue weighted by atomic mass is 9.97. The number of carboxylic acids is 1. The number of amides is 1. The van der Waals surface area contributed by atoms with Gasteiger partial charge in [-0.15, -0.1) is 0 Å². The van der Waals surface area contributed by atoms with E-state index in [9.17, 15) is 14.7 Å². The lowest BCUT2D eigenvalue weighted by Gasteiger charge is -2.23. The van der Waals surface area contributed by atoms with Crippen LogP contribution in [0.4, 0.5) is 16.2 Å². The Morgan fingerprint density at radius 1 is 1.05 bits per heavy atom. The normalized spacial score (nSPS) is 10.7. The third kappa shape index (κ3) is 5.44. The molecule has 4 rings (SSSR count). The van der Waals surface area contributed by atoms with Gasteiger partial charge in [-0.1, -0.05) is 53.2 Å². The molecule has 0 spiro atoms. The van der Waals surface area contributed by atoms with Crippen molar-refractivity contribution >= 4 is 35.0 Å². The summed E-state index contributed by atoms with van der Waals surface area (Å²) in [4.78, 5) is 25.7. The number of hydrogen-bond acceptors (Lipinski definition) is 6. The second kappa shape index (κ2) is 11.2. The van der Waals surface area contributed by atoms with Gasteiger partial charge in [0.05, 0.1) is 30.8 Å². The van der Waals surface area contributed by atoms with Crippen molar-refractivity contribution in [3.8, 4) is 28.1 Å². The summed E-state index contributed by atoms with van der Waals surface area (Å²) < 4.78 is 16.4.